The van der Waals surface area contributed by atoms with E-state index in [1.165, 1.54) is 5.56 Å². The highest BCUT2D eigenvalue weighted by Crippen LogP contribution is 2.32. The van der Waals surface area contributed by atoms with E-state index in [9.17, 15) is 5.11 Å². The zero-order valence-corrected chi connectivity index (χ0v) is 21.1. The van der Waals surface area contributed by atoms with Crippen LogP contribution in [0.25, 0.3) is 11.1 Å². The van der Waals surface area contributed by atoms with Crippen LogP contribution >= 0.6 is 23.2 Å². The summed E-state index contributed by atoms with van der Waals surface area (Å²) in [5.41, 5.74) is 4.60. The lowest BCUT2D eigenvalue weighted by atomic mass is 9.90. The second kappa shape index (κ2) is 11.3. The van der Waals surface area contributed by atoms with E-state index in [4.69, 9.17) is 28.2 Å². The molecule has 1 aliphatic heterocycles. The molecule has 0 saturated carbocycles. The van der Waals surface area contributed by atoms with E-state index in [1.807, 2.05) is 6.20 Å². The smallest absolute Gasteiger partial charge is 0.229 e. The number of halogens is 2. The molecule has 1 fully saturated rings. The molecule has 1 aliphatic rings. The molecule has 0 spiro atoms. The maximum atomic E-state index is 9.25. The molecular weight excluding hydrogens is 497 g/mol. The predicted molar refractivity (Wildman–Crippen MR) is 145 cm³/mol. The lowest BCUT2D eigenvalue weighted by molar-refractivity contribution is 0.269. The van der Waals surface area contributed by atoms with Crippen molar-refractivity contribution in [2.45, 2.75) is 25.3 Å². The largest absolute Gasteiger partial charge is 0.394 e. The van der Waals surface area contributed by atoms with Crippen molar-refractivity contribution in [2.75, 3.05) is 30.3 Å². The summed E-state index contributed by atoms with van der Waals surface area (Å²) in [5, 5.41) is 24.7. The van der Waals surface area contributed by atoms with Gasteiger partial charge in [-0.1, -0.05) is 35.3 Å². The molecule has 36 heavy (non-hydrogen) atoms. The monoisotopic (exact) mass is 523 g/mol. The lowest BCUT2D eigenvalue weighted by Crippen LogP contribution is -2.26. The van der Waals surface area contributed by atoms with E-state index in [0.29, 0.717) is 40.0 Å². The maximum absolute atomic E-state index is 9.25. The number of hydrogen-bond acceptors (Lipinski definition) is 7. The van der Waals surface area contributed by atoms with E-state index < -0.39 is 0 Å². The Morgan fingerprint density at radius 3 is 2.44 bits per heavy atom. The van der Waals surface area contributed by atoms with Gasteiger partial charge in [0.2, 0.25) is 5.95 Å². The van der Waals surface area contributed by atoms with Gasteiger partial charge in [0.25, 0.3) is 0 Å². The van der Waals surface area contributed by atoms with Crippen LogP contribution in [0.3, 0.4) is 0 Å². The fraction of sp³-hybridized carbons (Fsp3) is 0.269. The van der Waals surface area contributed by atoms with Gasteiger partial charge in [0.05, 0.1) is 19.3 Å². The van der Waals surface area contributed by atoms with Crippen molar-refractivity contribution < 1.29 is 5.11 Å². The maximum Gasteiger partial charge on any atom is 0.229 e. The molecule has 186 valence electrons. The van der Waals surface area contributed by atoms with E-state index in [0.717, 1.165) is 42.7 Å². The summed E-state index contributed by atoms with van der Waals surface area (Å²) < 4.78 is 1.69. The highest BCUT2D eigenvalue weighted by atomic mass is 35.5. The van der Waals surface area contributed by atoms with Crippen LogP contribution in [0.2, 0.25) is 10.0 Å². The Hall–Kier alpha value is -3.17. The molecule has 0 amide bonds. The van der Waals surface area contributed by atoms with Gasteiger partial charge in [0.1, 0.15) is 5.82 Å². The standard InChI is InChI=1S/C26H27Cl2N7O/c27-20-11-21(28)13-23(12-20)33-26-30-15-24(19-14-31-35(16-19)9-10-36)25(34-26)32-22-3-1-17(2-4-22)18-5-7-29-8-6-18/h1-4,11-16,18,29,36H,5-10H2,(H2,30,32,33,34). The number of piperidine rings is 1. The first-order chi connectivity index (χ1) is 17.6. The molecule has 3 heterocycles. The molecular formula is C26H27Cl2N7O. The fourth-order valence-corrected chi connectivity index (χ4v) is 4.89. The molecule has 2 aromatic carbocycles. The summed E-state index contributed by atoms with van der Waals surface area (Å²) in [7, 11) is 0. The highest BCUT2D eigenvalue weighted by Gasteiger charge is 2.16. The normalized spacial score (nSPS) is 14.1. The first-order valence-electron chi connectivity index (χ1n) is 11.9. The van der Waals surface area contributed by atoms with Gasteiger partial charge in [-0.25, -0.2) is 4.98 Å². The second-order valence-electron chi connectivity index (χ2n) is 8.73. The SMILES string of the molecule is OCCn1cc(-c2cnc(Nc3cc(Cl)cc(Cl)c3)nc2Nc2ccc(C3CCNCC3)cc2)cn1. The Balaban J connectivity index is 1.44. The number of hydrogen-bond donors (Lipinski definition) is 4. The van der Waals surface area contributed by atoms with Gasteiger partial charge in [0, 0.05) is 44.9 Å². The van der Waals surface area contributed by atoms with Gasteiger partial charge >= 0.3 is 0 Å². The topological polar surface area (TPSA) is 99.9 Å². The zero-order chi connectivity index (χ0) is 24.9. The number of aliphatic hydroxyl groups excluding tert-OH is 1. The average molecular weight is 524 g/mol. The third kappa shape index (κ3) is 5.96. The molecule has 0 radical (unpaired) electrons. The number of rotatable bonds is 8. The molecule has 4 aromatic rings. The zero-order valence-electron chi connectivity index (χ0n) is 19.6. The summed E-state index contributed by atoms with van der Waals surface area (Å²) in [6.07, 6.45) is 7.66. The van der Waals surface area contributed by atoms with Crippen molar-refractivity contribution in [3.05, 3.63) is 76.7 Å². The van der Waals surface area contributed by atoms with Gasteiger partial charge < -0.3 is 21.1 Å². The van der Waals surface area contributed by atoms with Crippen LogP contribution in [0.1, 0.15) is 24.3 Å². The molecule has 0 bridgehead atoms. The van der Waals surface area contributed by atoms with Crippen molar-refractivity contribution in [1.82, 2.24) is 25.1 Å². The molecule has 5 rings (SSSR count). The van der Waals surface area contributed by atoms with Crippen LogP contribution in [0.4, 0.5) is 23.1 Å². The van der Waals surface area contributed by atoms with Crippen LogP contribution < -0.4 is 16.0 Å². The van der Waals surface area contributed by atoms with Gasteiger partial charge in [-0.3, -0.25) is 4.68 Å². The lowest BCUT2D eigenvalue weighted by Gasteiger charge is -2.23. The number of benzene rings is 2. The van der Waals surface area contributed by atoms with E-state index in [2.05, 4.69) is 50.3 Å². The van der Waals surface area contributed by atoms with Crippen molar-refractivity contribution in [3.63, 3.8) is 0 Å². The minimum Gasteiger partial charge on any atom is -0.394 e. The highest BCUT2D eigenvalue weighted by molar-refractivity contribution is 6.35. The van der Waals surface area contributed by atoms with Gasteiger partial charge in [-0.15, -0.1) is 0 Å². The van der Waals surface area contributed by atoms with Gasteiger partial charge in [0.15, 0.2) is 0 Å². The van der Waals surface area contributed by atoms with Gasteiger partial charge in [-0.2, -0.15) is 10.1 Å². The minimum absolute atomic E-state index is 0.0111. The van der Waals surface area contributed by atoms with E-state index in [-0.39, 0.29) is 6.61 Å². The van der Waals surface area contributed by atoms with Gasteiger partial charge in [-0.05, 0) is 67.7 Å². The fourth-order valence-electron chi connectivity index (χ4n) is 4.36. The van der Waals surface area contributed by atoms with E-state index in [1.54, 1.807) is 35.3 Å². The Morgan fingerprint density at radius 2 is 1.72 bits per heavy atom. The molecule has 2 aromatic heterocycles. The summed E-state index contributed by atoms with van der Waals surface area (Å²) >= 11 is 12.3. The first kappa shape index (κ1) is 24.5. The Kier molecular flexibility index (Phi) is 7.67. The van der Waals surface area contributed by atoms with Crippen molar-refractivity contribution in [1.29, 1.82) is 0 Å². The average Bonchev–Trinajstić information content (AvgIpc) is 3.33. The molecule has 8 nitrogen and oxygen atoms in total. The molecule has 4 N–H and O–H groups in total. The predicted octanol–water partition coefficient (Wildman–Crippen LogP) is 5.59. The Labute approximate surface area is 219 Å². The number of nitrogens with zero attached hydrogens (tertiary/aromatic N) is 4. The Morgan fingerprint density at radius 1 is 0.972 bits per heavy atom. The summed E-state index contributed by atoms with van der Waals surface area (Å²) in [6, 6.07) is 13.7. The van der Waals surface area contributed by atoms with Crippen molar-refractivity contribution >= 4 is 46.3 Å². The molecule has 0 aliphatic carbocycles. The number of aliphatic hydroxyl groups is 1. The van der Waals surface area contributed by atoms with Crippen LogP contribution in [-0.4, -0.2) is 44.6 Å². The molecule has 0 unspecified atom stereocenters. The second-order valence-corrected chi connectivity index (χ2v) is 9.60. The quantitative estimate of drug-likeness (QED) is 0.238. The van der Waals surface area contributed by atoms with Crippen LogP contribution in [0, 0.1) is 0 Å². The van der Waals surface area contributed by atoms with Crippen molar-refractivity contribution in [3.8, 4) is 11.1 Å². The Bertz CT molecular complexity index is 1300. The van der Waals surface area contributed by atoms with Crippen LogP contribution in [0.15, 0.2) is 61.1 Å². The number of nitrogens with one attached hydrogen (secondary N) is 3. The molecule has 1 saturated heterocycles. The third-order valence-corrected chi connectivity index (χ3v) is 6.60. The third-order valence-electron chi connectivity index (χ3n) is 6.16. The number of aromatic nitrogens is 4. The van der Waals surface area contributed by atoms with Crippen molar-refractivity contribution in [2.24, 2.45) is 0 Å². The summed E-state index contributed by atoms with van der Waals surface area (Å²) in [6.45, 7) is 2.55. The minimum atomic E-state index is 0.0111. The summed E-state index contributed by atoms with van der Waals surface area (Å²) in [4.78, 5) is 9.25. The molecule has 0 atom stereocenters. The molecule has 10 heteroatoms. The number of anilines is 4. The first-order valence-corrected chi connectivity index (χ1v) is 12.6. The van der Waals surface area contributed by atoms with Crippen LogP contribution in [0.5, 0.6) is 0 Å². The van der Waals surface area contributed by atoms with Crippen LogP contribution in [-0.2, 0) is 6.54 Å². The van der Waals surface area contributed by atoms with E-state index >= 15 is 0 Å². The summed E-state index contributed by atoms with van der Waals surface area (Å²) in [5.74, 6) is 1.61.